The first-order valence-corrected chi connectivity index (χ1v) is 13.6. The summed E-state index contributed by atoms with van der Waals surface area (Å²) in [7, 11) is 0. The van der Waals surface area contributed by atoms with Crippen LogP contribution in [0.4, 0.5) is 0 Å². The Labute approximate surface area is 220 Å². The summed E-state index contributed by atoms with van der Waals surface area (Å²) in [5, 5.41) is 3.37. The van der Waals surface area contributed by atoms with E-state index in [2.05, 4.69) is 101 Å². The lowest BCUT2D eigenvalue weighted by Gasteiger charge is -2.33. The van der Waals surface area contributed by atoms with Gasteiger partial charge < -0.3 is 10.2 Å². The molecular weight excluding hydrogens is 452 g/mol. The van der Waals surface area contributed by atoms with E-state index in [0.29, 0.717) is 5.92 Å². The first-order valence-electron chi connectivity index (χ1n) is 13.6. The van der Waals surface area contributed by atoms with Crippen molar-refractivity contribution in [1.29, 1.82) is 0 Å². The quantitative estimate of drug-likeness (QED) is 0.278. The minimum absolute atomic E-state index is 0.0697. The number of benzene rings is 4. The van der Waals surface area contributed by atoms with E-state index in [0.717, 1.165) is 56.4 Å². The lowest BCUT2D eigenvalue weighted by molar-refractivity contribution is 0.0911. The van der Waals surface area contributed by atoms with E-state index < -0.39 is 0 Å². The Morgan fingerprint density at radius 1 is 0.757 bits per heavy atom. The number of nitrogens with zero attached hydrogens (tertiary/aromatic N) is 1. The highest BCUT2D eigenvalue weighted by molar-refractivity contribution is 6.03. The van der Waals surface area contributed by atoms with Crippen LogP contribution in [0.15, 0.2) is 103 Å². The molecule has 4 aromatic rings. The SMILES string of the molecule is O=C(NC1CCN(CCC(c2ccccc2)c2ccccc2)CC1)c1cccc2c1-c1ccccc1C2. The van der Waals surface area contributed by atoms with E-state index in [9.17, 15) is 4.79 Å². The molecule has 0 radical (unpaired) electrons. The van der Waals surface area contributed by atoms with Crippen LogP contribution >= 0.6 is 0 Å². The van der Waals surface area contributed by atoms with Gasteiger partial charge in [0.15, 0.2) is 0 Å². The molecule has 1 heterocycles. The Hall–Kier alpha value is -3.69. The van der Waals surface area contributed by atoms with Gasteiger partial charge in [0.2, 0.25) is 0 Å². The summed E-state index contributed by atoms with van der Waals surface area (Å²) in [5.41, 5.74) is 8.50. The van der Waals surface area contributed by atoms with Crippen LogP contribution in [0.1, 0.15) is 57.8 Å². The molecule has 1 aliphatic heterocycles. The molecule has 1 fully saturated rings. The summed E-state index contributed by atoms with van der Waals surface area (Å²) in [6, 6.07) is 36.6. The lowest BCUT2D eigenvalue weighted by atomic mass is 9.88. The fraction of sp³-hybridized carbons (Fsp3) is 0.265. The van der Waals surface area contributed by atoms with Gasteiger partial charge in [-0.1, -0.05) is 97.1 Å². The number of piperidine rings is 1. The van der Waals surface area contributed by atoms with Crippen molar-refractivity contribution in [3.05, 3.63) is 131 Å². The number of amides is 1. The third-order valence-corrected chi connectivity index (χ3v) is 8.12. The molecule has 1 N–H and O–H groups in total. The van der Waals surface area contributed by atoms with Crippen LogP contribution in [0.2, 0.25) is 0 Å². The highest BCUT2D eigenvalue weighted by atomic mass is 16.1. The number of carbonyl (C=O) groups excluding carboxylic acids is 1. The normalized spacial score (nSPS) is 15.4. The molecule has 1 aliphatic carbocycles. The molecule has 37 heavy (non-hydrogen) atoms. The summed E-state index contributed by atoms with van der Waals surface area (Å²) in [6.07, 6.45) is 4.01. The van der Waals surface area contributed by atoms with Crippen molar-refractivity contribution in [2.24, 2.45) is 0 Å². The van der Waals surface area contributed by atoms with Crippen molar-refractivity contribution in [2.45, 2.75) is 37.6 Å². The largest absolute Gasteiger partial charge is 0.349 e. The molecule has 0 unspecified atom stereocenters. The van der Waals surface area contributed by atoms with Crippen LogP contribution in [-0.2, 0) is 6.42 Å². The number of hydrogen-bond donors (Lipinski definition) is 1. The zero-order valence-electron chi connectivity index (χ0n) is 21.3. The predicted octanol–water partition coefficient (Wildman–Crippen LogP) is 6.67. The van der Waals surface area contributed by atoms with Gasteiger partial charge in [0, 0.05) is 30.6 Å². The van der Waals surface area contributed by atoms with Gasteiger partial charge in [-0.15, -0.1) is 0 Å². The van der Waals surface area contributed by atoms with Gasteiger partial charge in [-0.3, -0.25) is 4.79 Å². The summed E-state index contributed by atoms with van der Waals surface area (Å²) >= 11 is 0. The first-order chi connectivity index (χ1) is 18.3. The van der Waals surface area contributed by atoms with Crippen LogP contribution in [-0.4, -0.2) is 36.5 Å². The van der Waals surface area contributed by atoms with Crippen LogP contribution in [0.25, 0.3) is 11.1 Å². The van der Waals surface area contributed by atoms with Gasteiger partial charge in [0.1, 0.15) is 0 Å². The maximum Gasteiger partial charge on any atom is 0.252 e. The van der Waals surface area contributed by atoms with Crippen LogP contribution < -0.4 is 5.32 Å². The first kappa shape index (κ1) is 23.7. The third kappa shape index (κ3) is 5.10. The standard InChI is InChI=1S/C34H34N2O/c37-34(32-17-9-15-28-24-27-14-7-8-16-31(27)33(28)32)35-29-18-21-36(22-19-29)23-20-30(25-10-3-1-4-11-25)26-12-5-2-6-13-26/h1-17,29-30H,18-24H2,(H,35,37). The Kier molecular flexibility index (Phi) is 6.88. The number of likely N-dealkylation sites (tertiary alicyclic amines) is 1. The smallest absolute Gasteiger partial charge is 0.252 e. The number of carbonyl (C=O) groups is 1. The summed E-state index contributed by atoms with van der Waals surface area (Å²) in [4.78, 5) is 15.9. The highest BCUT2D eigenvalue weighted by Gasteiger charge is 2.27. The molecule has 4 aromatic carbocycles. The van der Waals surface area contributed by atoms with E-state index >= 15 is 0 Å². The van der Waals surface area contributed by atoms with Crippen molar-refractivity contribution in [3.8, 4) is 11.1 Å². The molecule has 0 atom stereocenters. The van der Waals surface area contributed by atoms with Gasteiger partial charge in [-0.25, -0.2) is 0 Å². The molecule has 0 bridgehead atoms. The molecule has 2 aliphatic rings. The Morgan fingerprint density at radius 3 is 2.08 bits per heavy atom. The van der Waals surface area contributed by atoms with Crippen LogP contribution in [0.5, 0.6) is 0 Å². The lowest BCUT2D eigenvalue weighted by Crippen LogP contribution is -2.45. The maximum atomic E-state index is 13.4. The Bertz CT molecular complexity index is 1320. The zero-order chi connectivity index (χ0) is 25.0. The fourth-order valence-corrected chi connectivity index (χ4v) is 6.15. The fourth-order valence-electron chi connectivity index (χ4n) is 6.15. The number of hydrogen-bond acceptors (Lipinski definition) is 2. The zero-order valence-corrected chi connectivity index (χ0v) is 21.3. The minimum Gasteiger partial charge on any atom is -0.349 e. The van der Waals surface area contributed by atoms with Gasteiger partial charge in [-0.2, -0.15) is 0 Å². The van der Waals surface area contributed by atoms with Gasteiger partial charge in [0.25, 0.3) is 5.91 Å². The van der Waals surface area contributed by atoms with Gasteiger partial charge in [-0.05, 0) is 71.7 Å². The second-order valence-electron chi connectivity index (χ2n) is 10.4. The van der Waals surface area contributed by atoms with Crippen LogP contribution in [0, 0.1) is 0 Å². The Balaban J connectivity index is 1.07. The molecule has 1 amide bonds. The number of nitrogens with one attached hydrogen (secondary N) is 1. The minimum atomic E-state index is 0.0697. The highest BCUT2D eigenvalue weighted by Crippen LogP contribution is 2.38. The van der Waals surface area contributed by atoms with E-state index in [-0.39, 0.29) is 11.9 Å². The molecule has 6 rings (SSSR count). The number of rotatable bonds is 7. The molecule has 0 aromatic heterocycles. The molecule has 3 nitrogen and oxygen atoms in total. The molecule has 186 valence electrons. The van der Waals surface area contributed by atoms with Crippen molar-refractivity contribution in [1.82, 2.24) is 10.2 Å². The van der Waals surface area contributed by atoms with E-state index in [1.54, 1.807) is 0 Å². The maximum absolute atomic E-state index is 13.4. The summed E-state index contributed by atoms with van der Waals surface area (Å²) < 4.78 is 0. The van der Waals surface area contributed by atoms with E-state index in [1.165, 1.54) is 27.8 Å². The third-order valence-electron chi connectivity index (χ3n) is 8.12. The van der Waals surface area contributed by atoms with Crippen molar-refractivity contribution in [3.63, 3.8) is 0 Å². The molecular formula is C34H34N2O. The van der Waals surface area contributed by atoms with Crippen LogP contribution in [0.3, 0.4) is 0 Å². The van der Waals surface area contributed by atoms with Gasteiger partial charge in [0.05, 0.1) is 0 Å². The Morgan fingerprint density at radius 2 is 1.38 bits per heavy atom. The summed E-state index contributed by atoms with van der Waals surface area (Å²) in [5.74, 6) is 0.475. The van der Waals surface area contributed by atoms with Crippen molar-refractivity contribution in [2.75, 3.05) is 19.6 Å². The molecule has 1 saturated heterocycles. The van der Waals surface area contributed by atoms with E-state index in [4.69, 9.17) is 0 Å². The average Bonchev–Trinajstić information content (AvgIpc) is 3.34. The topological polar surface area (TPSA) is 32.3 Å². The summed E-state index contributed by atoms with van der Waals surface area (Å²) in [6.45, 7) is 3.12. The predicted molar refractivity (Wildman–Crippen MR) is 151 cm³/mol. The van der Waals surface area contributed by atoms with Crippen molar-refractivity contribution >= 4 is 5.91 Å². The van der Waals surface area contributed by atoms with Gasteiger partial charge >= 0.3 is 0 Å². The van der Waals surface area contributed by atoms with E-state index in [1.807, 2.05) is 12.1 Å². The average molecular weight is 487 g/mol. The monoisotopic (exact) mass is 486 g/mol. The van der Waals surface area contributed by atoms with Crippen molar-refractivity contribution < 1.29 is 4.79 Å². The second kappa shape index (κ2) is 10.7. The number of fused-ring (bicyclic) bond motifs is 3. The molecule has 0 saturated carbocycles. The molecule has 3 heteroatoms. The molecule has 0 spiro atoms. The second-order valence-corrected chi connectivity index (χ2v) is 10.4.